The van der Waals surface area contributed by atoms with Gasteiger partial charge in [-0.3, -0.25) is 28.8 Å². The van der Waals surface area contributed by atoms with Gasteiger partial charge < -0.3 is 33.7 Å². The van der Waals surface area contributed by atoms with Crippen molar-refractivity contribution in [2.24, 2.45) is 11.8 Å². The molecule has 0 bridgehead atoms. The van der Waals surface area contributed by atoms with Crippen LogP contribution in [0, 0.1) is 11.8 Å². The van der Waals surface area contributed by atoms with Crippen molar-refractivity contribution < 1.29 is 57.2 Å². The van der Waals surface area contributed by atoms with E-state index in [9.17, 15) is 28.8 Å². The Morgan fingerprint density at radius 2 is 0.673 bits per heavy atom. The van der Waals surface area contributed by atoms with Crippen LogP contribution in [0.1, 0.15) is 168 Å². The third-order valence-electron chi connectivity index (χ3n) is 9.02. The molecule has 13 nitrogen and oxygen atoms in total. The van der Waals surface area contributed by atoms with Gasteiger partial charge >= 0.3 is 29.8 Å². The lowest BCUT2D eigenvalue weighted by atomic mass is 10.1. The zero-order valence-corrected chi connectivity index (χ0v) is 34.6. The molecule has 1 N–H and O–H groups in total. The van der Waals surface area contributed by atoms with Gasteiger partial charge in [-0.25, -0.2) is 0 Å². The predicted octanol–water partition coefficient (Wildman–Crippen LogP) is 7.73. The number of unbranched alkanes of at least 4 members (excludes halogenated alkanes) is 15. The third kappa shape index (κ3) is 36.2. The number of hydrogen-bond donors (Lipinski definition) is 1. The van der Waals surface area contributed by atoms with Gasteiger partial charge in [0.2, 0.25) is 0 Å². The van der Waals surface area contributed by atoms with Gasteiger partial charge in [0.1, 0.15) is 39.6 Å². The molecule has 0 aromatic rings. The SMILES string of the molecule is CCCCCCCCC(=O)OCC(COC=O)COC(=O)CCNCCC(=O)OCC(COC(=O)CCCCCCCC)COC(=O)CCCCCCCC. The summed E-state index contributed by atoms with van der Waals surface area (Å²) in [5.74, 6) is -2.92. The average Bonchev–Trinajstić information content (AvgIpc) is 3.18. The van der Waals surface area contributed by atoms with Crippen LogP contribution in [0.3, 0.4) is 0 Å². The van der Waals surface area contributed by atoms with Gasteiger partial charge in [-0.15, -0.1) is 0 Å². The molecule has 0 aromatic heterocycles. The minimum atomic E-state index is -0.496. The molecule has 0 saturated heterocycles. The lowest BCUT2D eigenvalue weighted by Crippen LogP contribution is -2.28. The molecule has 0 saturated carbocycles. The van der Waals surface area contributed by atoms with Crippen LogP contribution in [0.25, 0.3) is 0 Å². The van der Waals surface area contributed by atoms with Gasteiger partial charge in [0.05, 0.1) is 24.7 Å². The molecule has 0 heterocycles. The zero-order chi connectivity index (χ0) is 40.6. The van der Waals surface area contributed by atoms with Crippen molar-refractivity contribution in [2.45, 2.75) is 168 Å². The lowest BCUT2D eigenvalue weighted by molar-refractivity contribution is -0.154. The summed E-state index contributed by atoms with van der Waals surface area (Å²) in [6.07, 6.45) is 20.0. The summed E-state index contributed by atoms with van der Waals surface area (Å²) in [5, 5.41) is 3.00. The van der Waals surface area contributed by atoms with E-state index in [-0.39, 0.29) is 83.5 Å². The van der Waals surface area contributed by atoms with E-state index in [2.05, 4.69) is 26.1 Å². The first-order valence-electron chi connectivity index (χ1n) is 21.3. The second-order valence-electron chi connectivity index (χ2n) is 14.4. The molecule has 0 amide bonds. The topological polar surface area (TPSA) is 170 Å². The highest BCUT2D eigenvalue weighted by atomic mass is 16.6. The molecule has 0 aliphatic rings. The van der Waals surface area contributed by atoms with Crippen LogP contribution in [0.15, 0.2) is 0 Å². The summed E-state index contributed by atoms with van der Waals surface area (Å²) in [6, 6.07) is 0. The van der Waals surface area contributed by atoms with Gasteiger partial charge in [0, 0.05) is 32.4 Å². The molecule has 0 aromatic carbocycles. The van der Waals surface area contributed by atoms with E-state index < -0.39 is 23.8 Å². The van der Waals surface area contributed by atoms with Crippen molar-refractivity contribution in [3.63, 3.8) is 0 Å². The third-order valence-corrected chi connectivity index (χ3v) is 9.02. The molecule has 0 aliphatic heterocycles. The first-order valence-corrected chi connectivity index (χ1v) is 21.3. The molecule has 1 unspecified atom stereocenters. The Morgan fingerprint density at radius 1 is 0.400 bits per heavy atom. The maximum Gasteiger partial charge on any atom is 0.307 e. The molecule has 1 atom stereocenters. The lowest BCUT2D eigenvalue weighted by Gasteiger charge is -2.18. The number of rotatable bonds is 40. The summed E-state index contributed by atoms with van der Waals surface area (Å²) in [4.78, 5) is 72.2. The number of hydrogen-bond acceptors (Lipinski definition) is 13. The Labute approximate surface area is 331 Å². The van der Waals surface area contributed by atoms with Gasteiger partial charge in [0.25, 0.3) is 6.47 Å². The summed E-state index contributed by atoms with van der Waals surface area (Å²) >= 11 is 0. The number of esters is 5. The summed E-state index contributed by atoms with van der Waals surface area (Å²) in [7, 11) is 0. The Balaban J connectivity index is 4.51. The molecular weight excluding hydrogens is 710 g/mol. The van der Waals surface area contributed by atoms with Crippen molar-refractivity contribution in [3.05, 3.63) is 0 Å². The van der Waals surface area contributed by atoms with Gasteiger partial charge in [-0.2, -0.15) is 0 Å². The quantitative estimate of drug-likeness (QED) is 0.0277. The number of carbonyl (C=O) groups excluding carboxylic acids is 6. The average molecular weight is 786 g/mol. The number of ether oxygens (including phenoxy) is 6. The Bertz CT molecular complexity index is 960. The largest absolute Gasteiger partial charge is 0.467 e. The summed E-state index contributed by atoms with van der Waals surface area (Å²) in [6.45, 7) is 7.01. The summed E-state index contributed by atoms with van der Waals surface area (Å²) in [5.41, 5.74) is 0. The number of carbonyl (C=O) groups is 6. The molecule has 55 heavy (non-hydrogen) atoms. The Kier molecular flexibility index (Phi) is 36.7. The second-order valence-corrected chi connectivity index (χ2v) is 14.4. The van der Waals surface area contributed by atoms with Gasteiger partial charge in [0.15, 0.2) is 0 Å². The Hall–Kier alpha value is -3.22. The monoisotopic (exact) mass is 786 g/mol. The van der Waals surface area contributed by atoms with E-state index in [1.807, 2.05) is 0 Å². The van der Waals surface area contributed by atoms with E-state index in [1.54, 1.807) is 0 Å². The minimum Gasteiger partial charge on any atom is -0.467 e. The van der Waals surface area contributed by atoms with Crippen LogP contribution in [0.5, 0.6) is 0 Å². The van der Waals surface area contributed by atoms with Crippen LogP contribution in [-0.2, 0) is 57.2 Å². The molecule has 0 aliphatic carbocycles. The highest BCUT2D eigenvalue weighted by Gasteiger charge is 2.19. The smallest absolute Gasteiger partial charge is 0.307 e. The zero-order valence-electron chi connectivity index (χ0n) is 34.6. The summed E-state index contributed by atoms with van der Waals surface area (Å²) < 4.78 is 31.7. The normalized spacial score (nSPS) is 11.5. The molecular formula is C42H75NO12. The highest BCUT2D eigenvalue weighted by Crippen LogP contribution is 2.12. The maximum atomic E-state index is 12.5. The van der Waals surface area contributed by atoms with Crippen molar-refractivity contribution in [1.82, 2.24) is 5.32 Å². The molecule has 0 fully saturated rings. The fourth-order valence-corrected chi connectivity index (χ4v) is 5.53. The molecule has 0 rings (SSSR count). The maximum absolute atomic E-state index is 12.5. The van der Waals surface area contributed by atoms with Crippen LogP contribution < -0.4 is 5.32 Å². The van der Waals surface area contributed by atoms with E-state index in [0.717, 1.165) is 96.3 Å². The van der Waals surface area contributed by atoms with Crippen molar-refractivity contribution in [1.29, 1.82) is 0 Å². The molecule has 0 radical (unpaired) electrons. The van der Waals surface area contributed by atoms with E-state index in [0.29, 0.717) is 25.7 Å². The second kappa shape index (κ2) is 39.0. The van der Waals surface area contributed by atoms with E-state index >= 15 is 0 Å². The molecule has 320 valence electrons. The fraction of sp³-hybridized carbons (Fsp3) is 0.857. The number of nitrogens with one attached hydrogen (secondary N) is 1. The Morgan fingerprint density at radius 3 is 0.982 bits per heavy atom. The first kappa shape index (κ1) is 51.8. The van der Waals surface area contributed by atoms with Gasteiger partial charge in [-0.05, 0) is 19.3 Å². The first-order chi connectivity index (χ1) is 26.7. The van der Waals surface area contributed by atoms with Crippen LogP contribution in [0.2, 0.25) is 0 Å². The van der Waals surface area contributed by atoms with E-state index in [1.165, 1.54) is 19.3 Å². The fourth-order valence-electron chi connectivity index (χ4n) is 5.53. The predicted molar refractivity (Wildman–Crippen MR) is 210 cm³/mol. The van der Waals surface area contributed by atoms with Gasteiger partial charge in [-0.1, -0.05) is 117 Å². The van der Waals surface area contributed by atoms with Crippen molar-refractivity contribution in [3.8, 4) is 0 Å². The molecule has 13 heteroatoms. The standard InChI is InChI=1S/C42H75NO12/c1-4-7-10-13-16-19-22-38(45)51-30-36(29-50-35-44)31-54-41(48)25-27-43-28-26-42(49)55-34-37(32-52-39(46)23-20-17-14-11-8-5-2)33-53-40(47)24-21-18-15-12-9-6-3/h35-37,43H,4-34H2,1-3H3. The van der Waals surface area contributed by atoms with Crippen LogP contribution in [0.4, 0.5) is 0 Å². The highest BCUT2D eigenvalue weighted by molar-refractivity contribution is 5.71. The van der Waals surface area contributed by atoms with Crippen LogP contribution >= 0.6 is 0 Å². The van der Waals surface area contributed by atoms with Crippen molar-refractivity contribution >= 4 is 36.3 Å². The molecule has 0 spiro atoms. The van der Waals surface area contributed by atoms with E-state index in [4.69, 9.17) is 28.4 Å². The van der Waals surface area contributed by atoms with Crippen molar-refractivity contribution in [2.75, 3.05) is 52.7 Å². The van der Waals surface area contributed by atoms with Crippen LogP contribution in [-0.4, -0.2) is 89.0 Å². The minimum absolute atomic E-state index is 0.0175.